The average Bonchev–Trinajstić information content (AvgIpc) is 3.01. The van der Waals surface area contributed by atoms with Crippen molar-refractivity contribution < 1.29 is 28.6 Å². The molecule has 1 fully saturated rings. The first-order chi connectivity index (χ1) is 22.0. The lowest BCUT2D eigenvalue weighted by Gasteiger charge is -2.26. The Morgan fingerprint density at radius 3 is 2.24 bits per heavy atom. The van der Waals surface area contributed by atoms with E-state index in [1.807, 2.05) is 39.0 Å². The monoisotopic (exact) mass is 678 g/mol. The molecule has 4 amide bonds. The Kier molecular flexibility index (Phi) is 10.2. The summed E-state index contributed by atoms with van der Waals surface area (Å²) in [6.07, 6.45) is 1.35. The standard InChI is InChI=1S/C35H29Cl3N2O6/c1-4-44-31-16-23(15-30(38)32(31)46-18-22-6-5-20(2)21(3)13-22)14-28-33(41)39-35(43)40(34(28)42)26-9-11-27(12-10-26)45-19-24-7-8-25(36)17-29(24)37/h5-17H,4,18-19H2,1-3H3,(H,39,41,43)/b28-14+. The van der Waals surface area contributed by atoms with Gasteiger partial charge in [0.2, 0.25) is 0 Å². The van der Waals surface area contributed by atoms with Crippen molar-refractivity contribution in [1.82, 2.24) is 5.32 Å². The highest BCUT2D eigenvalue weighted by atomic mass is 35.5. The second-order valence-corrected chi connectivity index (χ2v) is 11.7. The molecule has 1 aliphatic rings. The van der Waals surface area contributed by atoms with Crippen molar-refractivity contribution >= 4 is 64.4 Å². The lowest BCUT2D eigenvalue weighted by molar-refractivity contribution is -0.122. The molecule has 1 aliphatic heterocycles. The van der Waals surface area contributed by atoms with Gasteiger partial charge < -0.3 is 14.2 Å². The summed E-state index contributed by atoms with van der Waals surface area (Å²) in [5.74, 6) is -0.488. The molecule has 46 heavy (non-hydrogen) atoms. The van der Waals surface area contributed by atoms with Gasteiger partial charge in [0.25, 0.3) is 11.8 Å². The summed E-state index contributed by atoms with van der Waals surface area (Å²) >= 11 is 18.8. The number of anilines is 1. The zero-order chi connectivity index (χ0) is 33.0. The van der Waals surface area contributed by atoms with Crippen LogP contribution in [0.4, 0.5) is 10.5 Å². The predicted molar refractivity (Wildman–Crippen MR) is 179 cm³/mol. The van der Waals surface area contributed by atoms with Gasteiger partial charge in [-0.1, -0.05) is 59.1 Å². The molecule has 4 aromatic carbocycles. The lowest BCUT2D eigenvalue weighted by Crippen LogP contribution is -2.54. The van der Waals surface area contributed by atoms with Crippen LogP contribution in [-0.2, 0) is 22.8 Å². The van der Waals surface area contributed by atoms with Crippen LogP contribution < -0.4 is 24.4 Å². The van der Waals surface area contributed by atoms with E-state index in [1.165, 1.54) is 23.8 Å². The molecular weight excluding hydrogens is 651 g/mol. The van der Waals surface area contributed by atoms with Crippen molar-refractivity contribution in [1.29, 1.82) is 0 Å². The minimum Gasteiger partial charge on any atom is -0.490 e. The van der Waals surface area contributed by atoms with Gasteiger partial charge >= 0.3 is 6.03 Å². The first-order valence-corrected chi connectivity index (χ1v) is 15.4. The van der Waals surface area contributed by atoms with Gasteiger partial charge in [0, 0.05) is 15.6 Å². The van der Waals surface area contributed by atoms with E-state index in [0.29, 0.717) is 39.5 Å². The summed E-state index contributed by atoms with van der Waals surface area (Å²) in [7, 11) is 0. The molecule has 0 aromatic heterocycles. The molecule has 0 aliphatic carbocycles. The maximum atomic E-state index is 13.5. The smallest absolute Gasteiger partial charge is 0.335 e. The predicted octanol–water partition coefficient (Wildman–Crippen LogP) is 8.49. The molecule has 0 unspecified atom stereocenters. The number of carbonyl (C=O) groups is 3. The van der Waals surface area contributed by atoms with Crippen LogP contribution in [0.1, 0.15) is 34.7 Å². The minimum absolute atomic E-state index is 0.182. The molecule has 0 bridgehead atoms. The molecule has 8 nitrogen and oxygen atoms in total. The molecule has 0 saturated carbocycles. The molecular formula is C35H29Cl3N2O6. The van der Waals surface area contributed by atoms with Gasteiger partial charge in [-0.25, -0.2) is 9.69 Å². The number of aryl methyl sites for hydroxylation is 2. The fraction of sp³-hybridized carbons (Fsp3) is 0.171. The van der Waals surface area contributed by atoms with Gasteiger partial charge in [0.1, 0.15) is 24.5 Å². The zero-order valence-corrected chi connectivity index (χ0v) is 27.4. The molecule has 0 atom stereocenters. The Labute approximate surface area is 281 Å². The van der Waals surface area contributed by atoms with Crippen molar-refractivity contribution in [3.63, 3.8) is 0 Å². The minimum atomic E-state index is -0.878. The van der Waals surface area contributed by atoms with Crippen molar-refractivity contribution in [3.05, 3.63) is 121 Å². The SMILES string of the molecule is CCOc1cc(/C=C2\C(=O)NC(=O)N(c3ccc(OCc4ccc(Cl)cc4Cl)cc3)C2=O)cc(Cl)c1OCc1ccc(C)c(C)c1. The molecule has 1 heterocycles. The molecule has 5 rings (SSSR count). The third-order valence-electron chi connectivity index (χ3n) is 7.20. The molecule has 0 spiro atoms. The molecule has 0 radical (unpaired) electrons. The van der Waals surface area contributed by atoms with Crippen LogP contribution in [0.25, 0.3) is 6.08 Å². The normalized spacial score (nSPS) is 14.0. The van der Waals surface area contributed by atoms with Gasteiger partial charge in [-0.2, -0.15) is 0 Å². The van der Waals surface area contributed by atoms with Crippen LogP contribution in [0.15, 0.2) is 78.4 Å². The number of halogens is 3. The van der Waals surface area contributed by atoms with Gasteiger partial charge in [-0.15, -0.1) is 0 Å². The zero-order valence-electron chi connectivity index (χ0n) is 25.2. The number of ether oxygens (including phenoxy) is 3. The van der Waals surface area contributed by atoms with Gasteiger partial charge in [0.05, 0.1) is 17.3 Å². The number of barbiturate groups is 1. The number of benzene rings is 4. The van der Waals surface area contributed by atoms with Crippen LogP contribution in [0.5, 0.6) is 17.2 Å². The molecule has 236 valence electrons. The van der Waals surface area contributed by atoms with Crippen molar-refractivity contribution in [2.75, 3.05) is 11.5 Å². The highest BCUT2D eigenvalue weighted by Crippen LogP contribution is 2.38. The van der Waals surface area contributed by atoms with Gasteiger partial charge in [-0.3, -0.25) is 14.9 Å². The van der Waals surface area contributed by atoms with E-state index >= 15 is 0 Å². The fourth-order valence-electron chi connectivity index (χ4n) is 4.67. The Morgan fingerprint density at radius 1 is 0.783 bits per heavy atom. The quantitative estimate of drug-likeness (QED) is 0.134. The van der Waals surface area contributed by atoms with Crippen molar-refractivity contribution in [3.8, 4) is 17.2 Å². The van der Waals surface area contributed by atoms with Gasteiger partial charge in [-0.05, 0) is 97.6 Å². The number of urea groups is 1. The number of amides is 4. The van der Waals surface area contributed by atoms with E-state index in [4.69, 9.17) is 49.0 Å². The van der Waals surface area contributed by atoms with E-state index < -0.39 is 17.8 Å². The second kappa shape index (κ2) is 14.3. The number of rotatable bonds is 10. The Balaban J connectivity index is 1.35. The van der Waals surface area contributed by atoms with Crippen LogP contribution in [-0.4, -0.2) is 24.5 Å². The molecule has 4 aromatic rings. The Morgan fingerprint density at radius 2 is 1.54 bits per heavy atom. The molecule has 1 N–H and O–H groups in total. The average molecular weight is 680 g/mol. The summed E-state index contributed by atoms with van der Waals surface area (Å²) < 4.78 is 17.6. The summed E-state index contributed by atoms with van der Waals surface area (Å²) in [5.41, 5.74) is 4.41. The third-order valence-corrected chi connectivity index (χ3v) is 8.07. The highest BCUT2D eigenvalue weighted by molar-refractivity contribution is 6.39. The number of imide groups is 2. The summed E-state index contributed by atoms with van der Waals surface area (Å²) in [5, 5.41) is 3.44. The first kappa shape index (κ1) is 32.9. The van der Waals surface area contributed by atoms with E-state index in [1.54, 1.807) is 42.5 Å². The fourth-order valence-corrected chi connectivity index (χ4v) is 5.41. The largest absolute Gasteiger partial charge is 0.490 e. The maximum absolute atomic E-state index is 13.5. The number of nitrogens with one attached hydrogen (secondary N) is 1. The maximum Gasteiger partial charge on any atom is 0.335 e. The number of carbonyl (C=O) groups excluding carboxylic acids is 3. The molecule has 11 heteroatoms. The van der Waals surface area contributed by atoms with E-state index in [-0.39, 0.29) is 29.5 Å². The lowest BCUT2D eigenvalue weighted by atomic mass is 10.1. The molecule has 1 saturated heterocycles. The summed E-state index contributed by atoms with van der Waals surface area (Å²) in [6, 6.07) is 19.7. The Hall–Kier alpha value is -4.50. The van der Waals surface area contributed by atoms with E-state index in [0.717, 1.165) is 21.6 Å². The van der Waals surface area contributed by atoms with Crippen LogP contribution in [0, 0.1) is 13.8 Å². The summed E-state index contributed by atoms with van der Waals surface area (Å²) in [6.45, 7) is 6.65. The van der Waals surface area contributed by atoms with Crippen LogP contribution >= 0.6 is 34.8 Å². The van der Waals surface area contributed by atoms with Crippen LogP contribution in [0.3, 0.4) is 0 Å². The number of hydrogen-bond acceptors (Lipinski definition) is 6. The van der Waals surface area contributed by atoms with E-state index in [2.05, 4.69) is 5.32 Å². The highest BCUT2D eigenvalue weighted by Gasteiger charge is 2.37. The number of nitrogens with zero attached hydrogens (tertiary/aromatic N) is 1. The topological polar surface area (TPSA) is 94.2 Å². The van der Waals surface area contributed by atoms with Crippen LogP contribution in [0.2, 0.25) is 15.1 Å². The van der Waals surface area contributed by atoms with Gasteiger partial charge in [0.15, 0.2) is 11.5 Å². The Bertz CT molecular complexity index is 1860. The number of hydrogen-bond donors (Lipinski definition) is 1. The van der Waals surface area contributed by atoms with Crippen molar-refractivity contribution in [2.24, 2.45) is 0 Å². The summed E-state index contributed by atoms with van der Waals surface area (Å²) in [4.78, 5) is 40.0. The van der Waals surface area contributed by atoms with E-state index in [9.17, 15) is 14.4 Å². The van der Waals surface area contributed by atoms with Crippen molar-refractivity contribution in [2.45, 2.75) is 34.0 Å². The first-order valence-electron chi connectivity index (χ1n) is 14.3. The second-order valence-electron chi connectivity index (χ2n) is 10.4. The third kappa shape index (κ3) is 7.48.